The number of amides is 1. The second-order valence-electron chi connectivity index (χ2n) is 5.17. The fourth-order valence-electron chi connectivity index (χ4n) is 1.56. The number of carbonyl (C=O) groups excluding carboxylic acids is 1. The number of ether oxygens (including phenoxy) is 1. The van der Waals surface area contributed by atoms with Gasteiger partial charge in [0, 0.05) is 12.5 Å². The van der Waals surface area contributed by atoms with E-state index in [0.717, 1.165) is 12.8 Å². The highest BCUT2D eigenvalue weighted by Crippen LogP contribution is 2.12. The van der Waals surface area contributed by atoms with Gasteiger partial charge in [-0.05, 0) is 27.2 Å². The van der Waals surface area contributed by atoms with Crippen LogP contribution in [0, 0.1) is 5.92 Å². The van der Waals surface area contributed by atoms with Crippen LogP contribution in [0.5, 0.6) is 0 Å². The summed E-state index contributed by atoms with van der Waals surface area (Å²) in [5.74, 6) is -0.141. The normalized spacial score (nSPS) is 15.2. The number of aliphatic hydroxyl groups is 2. The maximum Gasteiger partial charge on any atom is 0.407 e. The van der Waals surface area contributed by atoms with Crippen LogP contribution in [-0.2, 0) is 4.74 Å². The molecule has 0 aliphatic carbocycles. The molecule has 0 radical (unpaired) electrons. The number of hydrogen-bond acceptors (Lipinski definition) is 4. The molecule has 102 valence electrons. The summed E-state index contributed by atoms with van der Waals surface area (Å²) in [5.41, 5.74) is -0.566. The standard InChI is InChI=1S/C12H25NO4/c1-5-6-9(7-14)10(8-15)13-11(16)17-12(2,3)4/h9-10,14-15H,5-8H2,1-4H3,(H,13,16)/t9-,10+/m0/s1. The maximum atomic E-state index is 11.5. The lowest BCUT2D eigenvalue weighted by molar-refractivity contribution is 0.0424. The summed E-state index contributed by atoms with van der Waals surface area (Å²) in [6.07, 6.45) is 1.07. The molecule has 0 aromatic rings. The Labute approximate surface area is 103 Å². The molecule has 0 spiro atoms. The molecule has 0 aliphatic rings. The van der Waals surface area contributed by atoms with Crippen LogP contribution in [0.15, 0.2) is 0 Å². The monoisotopic (exact) mass is 247 g/mol. The van der Waals surface area contributed by atoms with E-state index in [1.54, 1.807) is 20.8 Å². The number of nitrogens with one attached hydrogen (secondary N) is 1. The predicted octanol–water partition coefficient (Wildman–Crippen LogP) is 1.28. The van der Waals surface area contributed by atoms with Crippen molar-refractivity contribution in [1.29, 1.82) is 0 Å². The van der Waals surface area contributed by atoms with Crippen LogP contribution in [-0.4, -0.2) is 41.2 Å². The van der Waals surface area contributed by atoms with Gasteiger partial charge in [-0.2, -0.15) is 0 Å². The molecule has 3 N–H and O–H groups in total. The summed E-state index contributed by atoms with van der Waals surface area (Å²) in [6, 6.07) is -0.463. The average molecular weight is 247 g/mol. The third-order valence-electron chi connectivity index (χ3n) is 2.36. The lowest BCUT2D eigenvalue weighted by Gasteiger charge is -2.27. The van der Waals surface area contributed by atoms with Crippen LogP contribution >= 0.6 is 0 Å². The van der Waals surface area contributed by atoms with E-state index in [1.807, 2.05) is 6.92 Å². The molecule has 0 saturated heterocycles. The quantitative estimate of drug-likeness (QED) is 0.660. The van der Waals surface area contributed by atoms with Crippen molar-refractivity contribution in [2.45, 2.75) is 52.2 Å². The molecule has 0 bridgehead atoms. The van der Waals surface area contributed by atoms with Crippen LogP contribution in [0.25, 0.3) is 0 Å². The van der Waals surface area contributed by atoms with Gasteiger partial charge in [-0.25, -0.2) is 4.79 Å². The molecule has 1 amide bonds. The van der Waals surface area contributed by atoms with E-state index in [2.05, 4.69) is 5.32 Å². The van der Waals surface area contributed by atoms with Crippen molar-refractivity contribution in [1.82, 2.24) is 5.32 Å². The van der Waals surface area contributed by atoms with Crippen molar-refractivity contribution < 1.29 is 19.7 Å². The molecule has 0 unspecified atom stereocenters. The van der Waals surface area contributed by atoms with Crippen LogP contribution in [0.2, 0.25) is 0 Å². The summed E-state index contributed by atoms with van der Waals surface area (Å²) >= 11 is 0. The zero-order chi connectivity index (χ0) is 13.5. The van der Waals surface area contributed by atoms with E-state index >= 15 is 0 Å². The Balaban J connectivity index is 4.33. The van der Waals surface area contributed by atoms with E-state index < -0.39 is 17.7 Å². The van der Waals surface area contributed by atoms with Crippen LogP contribution in [0.4, 0.5) is 4.79 Å². The highest BCUT2D eigenvalue weighted by atomic mass is 16.6. The van der Waals surface area contributed by atoms with E-state index in [1.165, 1.54) is 0 Å². The van der Waals surface area contributed by atoms with Crippen molar-refractivity contribution in [3.05, 3.63) is 0 Å². The largest absolute Gasteiger partial charge is 0.444 e. The van der Waals surface area contributed by atoms with E-state index in [4.69, 9.17) is 4.74 Å². The fraction of sp³-hybridized carbons (Fsp3) is 0.917. The molecule has 5 heteroatoms. The van der Waals surface area contributed by atoms with Gasteiger partial charge in [-0.1, -0.05) is 13.3 Å². The smallest absolute Gasteiger partial charge is 0.407 e. The topological polar surface area (TPSA) is 78.8 Å². The summed E-state index contributed by atoms with van der Waals surface area (Å²) in [6.45, 7) is 7.05. The Morgan fingerprint density at radius 1 is 1.29 bits per heavy atom. The molecule has 17 heavy (non-hydrogen) atoms. The van der Waals surface area contributed by atoms with Crippen molar-refractivity contribution >= 4 is 6.09 Å². The highest BCUT2D eigenvalue weighted by Gasteiger charge is 2.24. The van der Waals surface area contributed by atoms with Crippen molar-refractivity contribution in [3.8, 4) is 0 Å². The average Bonchev–Trinajstić information content (AvgIpc) is 2.20. The number of aliphatic hydroxyl groups excluding tert-OH is 2. The van der Waals surface area contributed by atoms with Gasteiger partial charge in [0.05, 0.1) is 12.6 Å². The second-order valence-corrected chi connectivity index (χ2v) is 5.17. The lowest BCUT2D eigenvalue weighted by Crippen LogP contribution is -2.46. The van der Waals surface area contributed by atoms with Crippen molar-refractivity contribution in [3.63, 3.8) is 0 Å². The van der Waals surface area contributed by atoms with Gasteiger partial charge < -0.3 is 20.3 Å². The first kappa shape index (κ1) is 16.2. The zero-order valence-electron chi connectivity index (χ0n) is 11.2. The van der Waals surface area contributed by atoms with Gasteiger partial charge >= 0.3 is 6.09 Å². The second kappa shape index (κ2) is 7.50. The highest BCUT2D eigenvalue weighted by molar-refractivity contribution is 5.68. The molecule has 2 atom stereocenters. The third kappa shape index (κ3) is 7.18. The Hall–Kier alpha value is -0.810. The summed E-state index contributed by atoms with van der Waals surface area (Å²) in [5, 5.41) is 21.0. The molecule has 0 aromatic heterocycles. The Morgan fingerprint density at radius 3 is 2.24 bits per heavy atom. The Morgan fingerprint density at radius 2 is 1.88 bits per heavy atom. The Kier molecular flexibility index (Phi) is 7.15. The van der Waals surface area contributed by atoms with E-state index in [-0.39, 0.29) is 19.1 Å². The van der Waals surface area contributed by atoms with Gasteiger partial charge in [0.25, 0.3) is 0 Å². The lowest BCUT2D eigenvalue weighted by atomic mass is 9.96. The fourth-order valence-corrected chi connectivity index (χ4v) is 1.56. The predicted molar refractivity (Wildman–Crippen MR) is 65.7 cm³/mol. The molecular formula is C12H25NO4. The first-order valence-electron chi connectivity index (χ1n) is 6.05. The van der Waals surface area contributed by atoms with Gasteiger partial charge in [-0.15, -0.1) is 0 Å². The van der Waals surface area contributed by atoms with Crippen LogP contribution in [0.3, 0.4) is 0 Å². The zero-order valence-corrected chi connectivity index (χ0v) is 11.2. The van der Waals surface area contributed by atoms with Crippen LogP contribution < -0.4 is 5.32 Å². The number of hydrogen-bond donors (Lipinski definition) is 3. The van der Waals surface area contributed by atoms with Crippen molar-refractivity contribution in [2.24, 2.45) is 5.92 Å². The first-order chi connectivity index (χ1) is 7.84. The molecule has 0 rings (SSSR count). The van der Waals surface area contributed by atoms with E-state index in [0.29, 0.717) is 0 Å². The number of carbonyl (C=O) groups is 1. The summed E-state index contributed by atoms with van der Waals surface area (Å²) in [7, 11) is 0. The molecule has 0 fully saturated rings. The minimum atomic E-state index is -0.566. The molecule has 0 aromatic carbocycles. The number of rotatable bonds is 6. The maximum absolute atomic E-state index is 11.5. The minimum Gasteiger partial charge on any atom is -0.444 e. The molecular weight excluding hydrogens is 222 g/mol. The van der Waals surface area contributed by atoms with Gasteiger partial charge in [0.1, 0.15) is 5.60 Å². The van der Waals surface area contributed by atoms with Gasteiger partial charge in [-0.3, -0.25) is 0 Å². The first-order valence-corrected chi connectivity index (χ1v) is 6.05. The van der Waals surface area contributed by atoms with Crippen LogP contribution in [0.1, 0.15) is 40.5 Å². The van der Waals surface area contributed by atoms with Crippen molar-refractivity contribution in [2.75, 3.05) is 13.2 Å². The summed E-state index contributed by atoms with van der Waals surface area (Å²) < 4.78 is 5.10. The van der Waals surface area contributed by atoms with Gasteiger partial charge in [0.15, 0.2) is 0 Å². The molecule has 0 heterocycles. The molecule has 5 nitrogen and oxygen atoms in total. The van der Waals surface area contributed by atoms with Gasteiger partial charge in [0.2, 0.25) is 0 Å². The number of alkyl carbamates (subject to hydrolysis) is 1. The molecule has 0 saturated carbocycles. The summed E-state index contributed by atoms with van der Waals surface area (Å²) in [4.78, 5) is 11.5. The Bertz CT molecular complexity index is 225. The van der Waals surface area contributed by atoms with E-state index in [9.17, 15) is 15.0 Å². The SMILES string of the molecule is CCC[C@@H](CO)[C@@H](CO)NC(=O)OC(C)(C)C. The third-order valence-corrected chi connectivity index (χ3v) is 2.36. The minimum absolute atomic E-state index is 0.0607. The molecule has 0 aliphatic heterocycles.